The van der Waals surface area contributed by atoms with Gasteiger partial charge in [0.2, 0.25) is 0 Å². The first-order chi connectivity index (χ1) is 16.0. The molecule has 2 radical (unpaired) electrons. The zero-order chi connectivity index (χ0) is 23.6. The summed E-state index contributed by atoms with van der Waals surface area (Å²) in [6.07, 6.45) is -0.902. The number of nitrogens with zero attached hydrogens (tertiary/aromatic N) is 4. The van der Waals surface area contributed by atoms with Gasteiger partial charge in [-0.2, -0.15) is 9.05 Å². The number of thioether (sulfide) groups is 1. The van der Waals surface area contributed by atoms with Crippen LogP contribution < -0.4 is 5.73 Å². The maximum atomic E-state index is 10.1. The first-order valence-corrected chi connectivity index (χ1v) is 13.2. The summed E-state index contributed by atoms with van der Waals surface area (Å²) in [6, 6.07) is 10.0. The monoisotopic (exact) mass is 490 g/mol. The Morgan fingerprint density at radius 2 is 2.06 bits per heavy atom. The SMILES string of the molecule is CC.[B][P+]1(O)OC[C@H]2O[C@@H](n3c(SCc4ccccc4)nc4c(N)ncnc43)C(OC)[C@@H]2O1. The summed E-state index contributed by atoms with van der Waals surface area (Å²) in [7, 11) is 3.85. The number of nitrogen functional groups attached to an aromatic ring is 1. The number of hydrogen-bond acceptors (Lipinski definition) is 10. The molecule has 2 saturated heterocycles. The van der Waals surface area contributed by atoms with Gasteiger partial charge in [0.25, 0.3) is 0 Å². The van der Waals surface area contributed by atoms with Crippen LogP contribution in [0.4, 0.5) is 5.82 Å². The van der Waals surface area contributed by atoms with Gasteiger partial charge in [-0.15, -0.1) is 0 Å². The molecule has 0 amide bonds. The first kappa shape index (κ1) is 24.3. The van der Waals surface area contributed by atoms with Gasteiger partial charge < -0.3 is 15.2 Å². The highest BCUT2D eigenvalue weighted by Gasteiger charge is 2.58. The summed E-state index contributed by atoms with van der Waals surface area (Å²) in [6.45, 7) is 4.10. The normalized spacial score (nSPS) is 28.8. The number of rotatable bonds is 5. The molecule has 13 heteroatoms. The molecule has 4 heterocycles. The van der Waals surface area contributed by atoms with Gasteiger partial charge >= 0.3 is 15.4 Å². The molecule has 5 atom stereocenters. The van der Waals surface area contributed by atoms with Gasteiger partial charge in [0.1, 0.15) is 25.1 Å². The van der Waals surface area contributed by atoms with E-state index in [1.54, 1.807) is 7.11 Å². The standard InChI is InChI=1S/C18H20BN5O5PS.C2H6/c1-26-14-13-11(7-27-30(19,25)29-13)28-17(14)24-16-12(15(20)21-9-22-16)23-18(24)31-8-10-5-3-2-4-6-10;1-2/h2-6,9,11,13-14,17,25H,7-8H2,1H3,(H2,20,21,22);1-2H3/q+1;/t11-,13-,14?,17-,30?;/m1./s1. The average Bonchev–Trinajstić information content (AvgIpc) is 3.37. The predicted octanol–water partition coefficient (Wildman–Crippen LogP) is 2.89. The molecule has 0 saturated carbocycles. The van der Waals surface area contributed by atoms with Crippen LogP contribution in [0.5, 0.6) is 0 Å². The average molecular weight is 490 g/mol. The molecular formula is C20H26BN5O5PS+. The van der Waals surface area contributed by atoms with Crippen LogP contribution in [0.1, 0.15) is 25.6 Å². The second-order valence-corrected chi connectivity index (χ2v) is 9.70. The summed E-state index contributed by atoms with van der Waals surface area (Å²) in [4.78, 5) is 23.2. The number of fused-ring (bicyclic) bond motifs is 2. The Hall–Kier alpha value is -1.79. The number of nitrogens with two attached hydrogens (primary N) is 1. The number of imidazole rings is 1. The van der Waals surface area contributed by atoms with Crippen LogP contribution in [0.2, 0.25) is 0 Å². The summed E-state index contributed by atoms with van der Waals surface area (Å²) >= 11 is 1.52. The lowest BCUT2D eigenvalue weighted by atomic mass is 10.1. The van der Waals surface area contributed by atoms with Gasteiger partial charge in [-0.3, -0.25) is 4.57 Å². The largest absolute Gasteiger partial charge is 0.488 e. The minimum Gasteiger partial charge on any atom is -0.382 e. The van der Waals surface area contributed by atoms with Crippen LogP contribution in [-0.2, 0) is 24.3 Å². The minimum absolute atomic E-state index is 0.0953. The second kappa shape index (κ2) is 10.2. The fourth-order valence-corrected chi connectivity index (χ4v) is 5.77. The highest BCUT2D eigenvalue weighted by atomic mass is 32.2. The number of ether oxygens (including phenoxy) is 2. The number of anilines is 1. The molecule has 2 unspecified atom stereocenters. The Morgan fingerprint density at radius 1 is 1.30 bits per heavy atom. The van der Waals surface area contributed by atoms with Crippen LogP contribution in [0, 0.1) is 0 Å². The summed E-state index contributed by atoms with van der Waals surface area (Å²) in [5, 5.41) is 0.649. The van der Waals surface area contributed by atoms with Crippen LogP contribution in [-0.4, -0.2) is 64.0 Å². The van der Waals surface area contributed by atoms with Crippen molar-refractivity contribution in [2.45, 2.75) is 49.3 Å². The molecule has 33 heavy (non-hydrogen) atoms. The van der Waals surface area contributed by atoms with Crippen molar-refractivity contribution in [3.63, 3.8) is 0 Å². The molecule has 0 aliphatic carbocycles. The van der Waals surface area contributed by atoms with Crippen molar-refractivity contribution in [3.8, 4) is 0 Å². The topological polar surface area (TPSA) is 127 Å². The molecule has 10 nitrogen and oxygen atoms in total. The van der Waals surface area contributed by atoms with Gasteiger partial charge in [-0.1, -0.05) is 55.9 Å². The maximum absolute atomic E-state index is 10.1. The quantitative estimate of drug-likeness (QED) is 0.313. The summed E-state index contributed by atoms with van der Waals surface area (Å²) in [5.41, 5.74) is 8.21. The minimum atomic E-state index is -3.42. The lowest BCUT2D eigenvalue weighted by molar-refractivity contribution is -0.0648. The van der Waals surface area contributed by atoms with E-state index >= 15 is 0 Å². The highest BCUT2D eigenvalue weighted by molar-refractivity contribution is 7.98. The third kappa shape index (κ3) is 4.88. The molecule has 1 aromatic carbocycles. The Balaban J connectivity index is 0.00000126. The van der Waals surface area contributed by atoms with Gasteiger partial charge in [0, 0.05) is 12.9 Å². The summed E-state index contributed by atoms with van der Waals surface area (Å²) < 4.78 is 24.6. The van der Waals surface area contributed by atoms with E-state index in [9.17, 15) is 4.89 Å². The van der Waals surface area contributed by atoms with E-state index in [0.717, 1.165) is 5.56 Å². The zero-order valence-electron chi connectivity index (χ0n) is 18.6. The van der Waals surface area contributed by atoms with E-state index < -0.39 is 32.4 Å². The number of methoxy groups -OCH3 is 1. The molecule has 5 rings (SSSR count). The maximum Gasteiger partial charge on any atom is 0.488 e. The number of benzene rings is 1. The van der Waals surface area contributed by atoms with Crippen LogP contribution >= 0.6 is 19.6 Å². The number of aromatic nitrogens is 4. The van der Waals surface area contributed by atoms with Gasteiger partial charge in [-0.25, -0.2) is 19.8 Å². The molecule has 2 fully saturated rings. The summed E-state index contributed by atoms with van der Waals surface area (Å²) in [5.74, 6) is 0.958. The van der Waals surface area contributed by atoms with E-state index in [2.05, 4.69) is 15.0 Å². The molecule has 0 spiro atoms. The molecule has 0 bridgehead atoms. The van der Waals surface area contributed by atoms with E-state index in [4.69, 9.17) is 31.8 Å². The van der Waals surface area contributed by atoms with E-state index in [0.29, 0.717) is 22.1 Å². The van der Waals surface area contributed by atoms with Crippen molar-refractivity contribution < 1.29 is 23.4 Å². The fourth-order valence-electron chi connectivity index (χ4n) is 3.77. The third-order valence-electron chi connectivity index (χ3n) is 5.19. The highest BCUT2D eigenvalue weighted by Crippen LogP contribution is 2.59. The van der Waals surface area contributed by atoms with Crippen LogP contribution in [0.15, 0.2) is 41.8 Å². The Morgan fingerprint density at radius 3 is 2.79 bits per heavy atom. The first-order valence-electron chi connectivity index (χ1n) is 10.5. The molecule has 3 aromatic rings. The third-order valence-corrected chi connectivity index (χ3v) is 7.28. The fraction of sp³-hybridized carbons (Fsp3) is 0.450. The van der Waals surface area contributed by atoms with Gasteiger partial charge in [0.15, 0.2) is 34.5 Å². The van der Waals surface area contributed by atoms with Crippen molar-refractivity contribution in [1.29, 1.82) is 0 Å². The van der Waals surface area contributed by atoms with Gasteiger partial charge in [-0.05, 0) is 5.56 Å². The Kier molecular flexibility index (Phi) is 7.54. The number of hydrogen-bond donors (Lipinski definition) is 2. The smallest absolute Gasteiger partial charge is 0.382 e. The Labute approximate surface area is 198 Å². The van der Waals surface area contributed by atoms with Crippen LogP contribution in [0.25, 0.3) is 11.2 Å². The van der Waals surface area contributed by atoms with E-state index in [1.165, 1.54) is 18.1 Å². The lowest BCUT2D eigenvalue weighted by Gasteiger charge is -2.29. The van der Waals surface area contributed by atoms with Crippen molar-refractivity contribution >= 4 is 44.1 Å². The van der Waals surface area contributed by atoms with Gasteiger partial charge in [0.05, 0.1) is 0 Å². The second-order valence-electron chi connectivity index (χ2n) is 7.17. The molecule has 2 aliphatic rings. The van der Waals surface area contributed by atoms with Crippen molar-refractivity contribution in [2.24, 2.45) is 0 Å². The Bertz CT molecular complexity index is 1090. The van der Waals surface area contributed by atoms with Crippen molar-refractivity contribution in [1.82, 2.24) is 19.5 Å². The van der Waals surface area contributed by atoms with E-state index in [-0.39, 0.29) is 12.4 Å². The van der Waals surface area contributed by atoms with Crippen molar-refractivity contribution in [2.75, 3.05) is 19.5 Å². The zero-order valence-corrected chi connectivity index (χ0v) is 20.3. The van der Waals surface area contributed by atoms with Crippen molar-refractivity contribution in [3.05, 3.63) is 42.2 Å². The molecule has 2 aromatic heterocycles. The lowest BCUT2D eigenvalue weighted by Crippen LogP contribution is -2.41. The predicted molar refractivity (Wildman–Crippen MR) is 128 cm³/mol. The molecule has 174 valence electrons. The molecule has 2 aliphatic heterocycles. The molecular weight excluding hydrogens is 464 g/mol. The van der Waals surface area contributed by atoms with E-state index in [1.807, 2.05) is 48.7 Å². The molecule has 3 N–H and O–H groups in total. The van der Waals surface area contributed by atoms with Crippen LogP contribution in [0.3, 0.4) is 0 Å².